The fourth-order valence-electron chi connectivity index (χ4n) is 4.27. The molecule has 0 bridgehead atoms. The summed E-state index contributed by atoms with van der Waals surface area (Å²) in [5.74, 6) is -1.27. The number of hydrogen-bond donors (Lipinski definition) is 1. The molecule has 0 aliphatic carbocycles. The minimum absolute atomic E-state index is 0. The summed E-state index contributed by atoms with van der Waals surface area (Å²) in [4.78, 5) is 37.8. The number of imide groups is 1. The molecule has 2 amide bonds. The van der Waals surface area contributed by atoms with Gasteiger partial charge in [-0.3, -0.25) is 9.59 Å². The van der Waals surface area contributed by atoms with Gasteiger partial charge in [0.25, 0.3) is 18.5 Å². The largest absolute Gasteiger partial charge is 0.482 e. The lowest BCUT2D eigenvalue weighted by Crippen LogP contribution is -2.52. The zero-order valence-corrected chi connectivity index (χ0v) is 18.5. The highest BCUT2D eigenvalue weighted by Crippen LogP contribution is 2.25. The van der Waals surface area contributed by atoms with Crippen LogP contribution in [0.4, 0.5) is 0 Å². The van der Waals surface area contributed by atoms with E-state index in [4.69, 9.17) is 14.6 Å². The van der Waals surface area contributed by atoms with E-state index in [2.05, 4.69) is 0 Å². The van der Waals surface area contributed by atoms with Crippen LogP contribution in [0.15, 0.2) is 48.7 Å². The summed E-state index contributed by atoms with van der Waals surface area (Å²) in [5.41, 5.74) is 1.62. The van der Waals surface area contributed by atoms with Crippen molar-refractivity contribution in [1.29, 1.82) is 0 Å². The number of ether oxygens (including phenoxy) is 2. The maximum Gasteiger partial charge on any atom is 0.341 e. The zero-order chi connectivity index (χ0) is 22.2. The van der Waals surface area contributed by atoms with E-state index < -0.39 is 12.6 Å². The van der Waals surface area contributed by atoms with Crippen molar-refractivity contribution in [3.63, 3.8) is 0 Å². The average molecular weight is 473 g/mol. The molecule has 0 spiro atoms. The van der Waals surface area contributed by atoms with Crippen LogP contribution < -0.4 is 9.42 Å². The lowest BCUT2D eigenvalue weighted by molar-refractivity contribution is -0.784. The third kappa shape index (κ3) is 4.29. The first-order valence-electron chi connectivity index (χ1n) is 10.5. The van der Waals surface area contributed by atoms with Crippen molar-refractivity contribution in [2.45, 2.75) is 32.2 Å². The Morgan fingerprint density at radius 3 is 2.52 bits per heavy atom. The first-order chi connectivity index (χ1) is 15.5. The molecule has 1 fully saturated rings. The Kier molecular flexibility index (Phi) is 6.35. The number of benzene rings is 2. The number of halogens is 1. The monoisotopic (exact) mass is 472 g/mol. The summed E-state index contributed by atoms with van der Waals surface area (Å²) in [7, 11) is 0. The molecular formula is C23H23ClN3O6+. The van der Waals surface area contributed by atoms with Crippen LogP contribution in [-0.2, 0) is 22.7 Å². The van der Waals surface area contributed by atoms with Crippen molar-refractivity contribution in [2.24, 2.45) is 0 Å². The summed E-state index contributed by atoms with van der Waals surface area (Å²) in [5, 5.41) is 9.78. The minimum atomic E-state index is -1.06. The zero-order valence-electron chi connectivity index (χ0n) is 17.7. The van der Waals surface area contributed by atoms with Crippen LogP contribution >= 0.6 is 12.4 Å². The highest BCUT2D eigenvalue weighted by Gasteiger charge is 2.38. The summed E-state index contributed by atoms with van der Waals surface area (Å²) in [6.45, 7) is 0.857. The lowest BCUT2D eigenvalue weighted by atomic mass is 10.1. The molecule has 172 valence electrons. The van der Waals surface area contributed by atoms with Gasteiger partial charge in [-0.25, -0.2) is 9.69 Å². The van der Waals surface area contributed by atoms with Gasteiger partial charge in [0.2, 0.25) is 6.20 Å². The SMILES string of the molecule is Cl.O=C(O)COc1ccc2c[n+](CN3C(=O)c4ccccc4C3=O)n(C[C@@H]3CCCO3)c2c1. The number of rotatable bonds is 7. The van der Waals surface area contributed by atoms with Gasteiger partial charge in [-0.2, -0.15) is 0 Å². The van der Waals surface area contributed by atoms with E-state index in [9.17, 15) is 14.4 Å². The highest BCUT2D eigenvalue weighted by molar-refractivity contribution is 6.21. The number of fused-ring (bicyclic) bond motifs is 2. The third-order valence-electron chi connectivity index (χ3n) is 5.81. The van der Waals surface area contributed by atoms with Crippen LogP contribution in [0, 0.1) is 0 Å². The molecule has 2 aliphatic rings. The van der Waals surface area contributed by atoms with Crippen LogP contribution in [-0.4, -0.2) is 51.8 Å². The Morgan fingerprint density at radius 2 is 1.88 bits per heavy atom. The van der Waals surface area contributed by atoms with Crippen LogP contribution in [0.25, 0.3) is 10.9 Å². The number of carbonyl (C=O) groups excluding carboxylic acids is 2. The predicted octanol–water partition coefficient (Wildman–Crippen LogP) is 2.25. The van der Waals surface area contributed by atoms with Crippen molar-refractivity contribution in [3.8, 4) is 5.75 Å². The van der Waals surface area contributed by atoms with Gasteiger partial charge in [0, 0.05) is 12.7 Å². The van der Waals surface area contributed by atoms with E-state index in [1.54, 1.807) is 36.4 Å². The number of amides is 2. The summed E-state index contributed by atoms with van der Waals surface area (Å²) < 4.78 is 14.9. The molecule has 3 aromatic rings. The normalized spacial score (nSPS) is 17.3. The highest BCUT2D eigenvalue weighted by atomic mass is 35.5. The number of carboxylic acids is 1. The van der Waals surface area contributed by atoms with Crippen molar-refractivity contribution in [3.05, 3.63) is 59.8 Å². The smallest absolute Gasteiger partial charge is 0.341 e. The molecule has 5 rings (SSSR count). The molecule has 1 saturated heterocycles. The van der Waals surface area contributed by atoms with Crippen molar-refractivity contribution < 1.29 is 33.6 Å². The molecule has 0 unspecified atom stereocenters. The summed E-state index contributed by atoms with van der Waals surface area (Å²) >= 11 is 0. The number of nitrogens with zero attached hydrogens (tertiary/aromatic N) is 3. The van der Waals surface area contributed by atoms with Gasteiger partial charge in [0.15, 0.2) is 6.61 Å². The summed E-state index contributed by atoms with van der Waals surface area (Å²) in [6.07, 6.45) is 3.79. The van der Waals surface area contributed by atoms with Gasteiger partial charge < -0.3 is 14.6 Å². The van der Waals surface area contributed by atoms with E-state index in [1.807, 2.05) is 21.6 Å². The van der Waals surface area contributed by atoms with Gasteiger partial charge >= 0.3 is 5.97 Å². The number of carbonyl (C=O) groups is 3. The van der Waals surface area contributed by atoms with Gasteiger partial charge in [-0.15, -0.1) is 17.1 Å². The Balaban J connectivity index is 0.00000259. The van der Waals surface area contributed by atoms with Gasteiger partial charge in [-0.05, 0) is 37.1 Å². The van der Waals surface area contributed by atoms with E-state index in [0.29, 0.717) is 30.0 Å². The molecule has 0 saturated carbocycles. The number of hydrogen-bond acceptors (Lipinski definition) is 5. The lowest BCUT2D eigenvalue weighted by Gasteiger charge is -2.14. The molecule has 9 nitrogen and oxygen atoms in total. The second kappa shape index (κ2) is 9.21. The number of aromatic nitrogens is 2. The molecule has 2 aliphatic heterocycles. The maximum atomic E-state index is 12.9. The van der Waals surface area contributed by atoms with Gasteiger partial charge in [0.05, 0.1) is 22.6 Å². The van der Waals surface area contributed by atoms with E-state index in [1.165, 1.54) is 4.90 Å². The van der Waals surface area contributed by atoms with Crippen molar-refractivity contribution >= 4 is 41.1 Å². The molecule has 0 radical (unpaired) electrons. The van der Waals surface area contributed by atoms with Crippen LogP contribution in [0.1, 0.15) is 33.6 Å². The van der Waals surface area contributed by atoms with Crippen molar-refractivity contribution in [1.82, 2.24) is 9.58 Å². The molecule has 2 aromatic carbocycles. The second-order valence-electron chi connectivity index (χ2n) is 7.91. The molecular weight excluding hydrogens is 450 g/mol. The first-order valence-corrected chi connectivity index (χ1v) is 10.5. The Hall–Kier alpha value is -3.43. The molecule has 1 atom stereocenters. The Labute approximate surface area is 195 Å². The first kappa shape index (κ1) is 22.8. The quantitative estimate of drug-likeness (QED) is 0.418. The maximum absolute atomic E-state index is 12.9. The van der Waals surface area contributed by atoms with Crippen LogP contribution in [0.2, 0.25) is 0 Å². The van der Waals surface area contributed by atoms with E-state index >= 15 is 0 Å². The topological polar surface area (TPSA) is 102 Å². The number of aliphatic carboxylic acids is 1. The Bertz CT molecular complexity index is 1200. The van der Waals surface area contributed by atoms with Crippen LogP contribution in [0.3, 0.4) is 0 Å². The Morgan fingerprint density at radius 1 is 1.15 bits per heavy atom. The predicted molar refractivity (Wildman–Crippen MR) is 118 cm³/mol. The van der Waals surface area contributed by atoms with E-state index in [-0.39, 0.29) is 37.0 Å². The van der Waals surface area contributed by atoms with Gasteiger partial charge in [-0.1, -0.05) is 16.8 Å². The fourth-order valence-corrected chi connectivity index (χ4v) is 4.27. The molecule has 1 aromatic heterocycles. The number of carboxylic acid groups (broad SMARTS) is 1. The summed E-state index contributed by atoms with van der Waals surface area (Å²) in [6, 6.07) is 12.1. The molecule has 3 heterocycles. The fraction of sp³-hybridized carbons (Fsp3) is 0.304. The van der Waals surface area contributed by atoms with E-state index in [0.717, 1.165) is 23.7 Å². The van der Waals surface area contributed by atoms with Crippen LogP contribution in [0.5, 0.6) is 5.75 Å². The molecule has 1 N–H and O–H groups in total. The molecule has 33 heavy (non-hydrogen) atoms. The molecule has 10 heteroatoms. The third-order valence-corrected chi connectivity index (χ3v) is 5.81. The van der Waals surface area contributed by atoms with Crippen molar-refractivity contribution in [2.75, 3.05) is 13.2 Å². The van der Waals surface area contributed by atoms with Gasteiger partial charge in [0.1, 0.15) is 17.8 Å². The second-order valence-corrected chi connectivity index (χ2v) is 7.91. The minimum Gasteiger partial charge on any atom is -0.482 e. The average Bonchev–Trinajstić information content (AvgIpc) is 3.48. The standard InChI is InChI=1S/C23H21N3O6.ClH/c27-21(28)13-32-16-8-7-15-11-24(26(20(15)10-16)12-17-4-3-9-31-17)14-25-22(29)18-5-1-2-6-19(18)23(25)30;/h1-2,5-8,10-11,17H,3-4,9,12-14H2;1H/p+1/t17-;/m0./s1.